The Kier molecular flexibility index (Phi) is 8.47. The van der Waals surface area contributed by atoms with Crippen molar-refractivity contribution in [3.63, 3.8) is 0 Å². The summed E-state index contributed by atoms with van der Waals surface area (Å²) in [7, 11) is 1.74. The Bertz CT molecular complexity index is 373. The number of carboxylic acid groups (broad SMARTS) is 1. The van der Waals surface area contributed by atoms with Crippen LogP contribution in [-0.2, 0) is 4.74 Å². The van der Waals surface area contributed by atoms with Gasteiger partial charge >= 0.3 is 5.97 Å². The largest absolute Gasteiger partial charge is 0.494 e. The number of rotatable bonds is 11. The van der Waals surface area contributed by atoms with Gasteiger partial charge in [-0.3, -0.25) is 0 Å². The Balaban J connectivity index is 2.02. The molecule has 0 bridgehead atoms. The van der Waals surface area contributed by atoms with Crippen LogP contribution >= 0.6 is 0 Å². The highest BCUT2D eigenvalue weighted by molar-refractivity contribution is 5.87. The minimum absolute atomic E-state index is 0.286. The molecule has 0 amide bonds. The first kappa shape index (κ1) is 16.5. The number of ether oxygens (including phenoxy) is 2. The quantitative estimate of drug-likeness (QED) is 0.627. The third kappa shape index (κ3) is 7.14. The van der Waals surface area contributed by atoms with Crippen LogP contribution in [0.1, 0.15) is 48.9 Å². The second kappa shape index (κ2) is 10.3. The van der Waals surface area contributed by atoms with Crippen LogP contribution in [0.25, 0.3) is 0 Å². The average Bonchev–Trinajstić information content (AvgIpc) is 2.46. The van der Waals surface area contributed by atoms with Crippen LogP contribution in [0.15, 0.2) is 24.3 Å². The summed E-state index contributed by atoms with van der Waals surface area (Å²) in [6.07, 6.45) is 7.04. The summed E-state index contributed by atoms with van der Waals surface area (Å²) in [6.45, 7) is 1.54. The molecule has 1 aromatic rings. The molecule has 0 radical (unpaired) electrons. The van der Waals surface area contributed by atoms with E-state index in [1.54, 1.807) is 31.4 Å². The molecule has 0 aromatic heterocycles. The number of hydrogen-bond donors (Lipinski definition) is 1. The van der Waals surface area contributed by atoms with Gasteiger partial charge in [0.15, 0.2) is 0 Å². The van der Waals surface area contributed by atoms with Crippen molar-refractivity contribution in [1.82, 2.24) is 0 Å². The van der Waals surface area contributed by atoms with Crippen molar-refractivity contribution < 1.29 is 19.4 Å². The van der Waals surface area contributed by atoms with E-state index in [0.29, 0.717) is 6.61 Å². The molecule has 0 saturated carbocycles. The van der Waals surface area contributed by atoms with Gasteiger partial charge in [0, 0.05) is 13.7 Å². The number of methoxy groups -OCH3 is 1. The summed E-state index contributed by atoms with van der Waals surface area (Å²) in [5.41, 5.74) is 0.286. The average molecular weight is 280 g/mol. The highest BCUT2D eigenvalue weighted by atomic mass is 16.5. The van der Waals surface area contributed by atoms with Crippen molar-refractivity contribution in [3.05, 3.63) is 29.8 Å². The molecule has 0 saturated heterocycles. The minimum Gasteiger partial charge on any atom is -0.494 e. The van der Waals surface area contributed by atoms with Crippen molar-refractivity contribution in [2.45, 2.75) is 38.5 Å². The Morgan fingerprint density at radius 1 is 0.950 bits per heavy atom. The van der Waals surface area contributed by atoms with Crippen molar-refractivity contribution in [3.8, 4) is 5.75 Å². The molecule has 1 aromatic carbocycles. The summed E-state index contributed by atoms with van der Waals surface area (Å²) in [4.78, 5) is 10.7. The Hall–Kier alpha value is -1.55. The van der Waals surface area contributed by atoms with E-state index in [0.717, 1.165) is 25.2 Å². The van der Waals surface area contributed by atoms with Crippen LogP contribution in [0.5, 0.6) is 5.75 Å². The van der Waals surface area contributed by atoms with Gasteiger partial charge < -0.3 is 14.6 Å². The van der Waals surface area contributed by atoms with Gasteiger partial charge in [-0.05, 0) is 37.1 Å². The van der Waals surface area contributed by atoms with E-state index in [2.05, 4.69) is 0 Å². The van der Waals surface area contributed by atoms with Crippen LogP contribution in [0.2, 0.25) is 0 Å². The molecule has 4 heteroatoms. The van der Waals surface area contributed by atoms with Crippen molar-refractivity contribution in [2.75, 3.05) is 20.3 Å². The molecule has 0 fully saturated rings. The maximum Gasteiger partial charge on any atom is 0.335 e. The molecule has 0 atom stereocenters. The topological polar surface area (TPSA) is 55.8 Å². The lowest BCUT2D eigenvalue weighted by Crippen LogP contribution is -1.99. The number of hydrogen-bond acceptors (Lipinski definition) is 3. The van der Waals surface area contributed by atoms with E-state index in [4.69, 9.17) is 14.6 Å². The monoisotopic (exact) mass is 280 g/mol. The minimum atomic E-state index is -0.912. The molecule has 0 aliphatic heterocycles. The fourth-order valence-corrected chi connectivity index (χ4v) is 1.94. The van der Waals surface area contributed by atoms with Crippen LogP contribution in [0.3, 0.4) is 0 Å². The number of carboxylic acids is 1. The van der Waals surface area contributed by atoms with E-state index in [9.17, 15) is 4.79 Å². The number of carbonyl (C=O) groups is 1. The summed E-state index contributed by atoms with van der Waals surface area (Å²) in [5.74, 6) is -0.180. The smallest absolute Gasteiger partial charge is 0.335 e. The lowest BCUT2D eigenvalue weighted by Gasteiger charge is -2.06. The van der Waals surface area contributed by atoms with E-state index in [-0.39, 0.29) is 5.56 Å². The van der Waals surface area contributed by atoms with Crippen molar-refractivity contribution in [1.29, 1.82) is 0 Å². The molecular weight excluding hydrogens is 256 g/mol. The zero-order valence-corrected chi connectivity index (χ0v) is 12.1. The van der Waals surface area contributed by atoms with Gasteiger partial charge in [-0.1, -0.05) is 25.7 Å². The first-order valence-electron chi connectivity index (χ1n) is 7.19. The molecular formula is C16H24O4. The molecule has 0 aliphatic rings. The SMILES string of the molecule is COCCCCCCCCOc1ccc(C(=O)O)cc1. The maximum atomic E-state index is 10.7. The third-order valence-electron chi connectivity index (χ3n) is 3.11. The zero-order chi connectivity index (χ0) is 14.6. The van der Waals surface area contributed by atoms with Crippen LogP contribution in [-0.4, -0.2) is 31.4 Å². The Morgan fingerprint density at radius 2 is 1.50 bits per heavy atom. The van der Waals surface area contributed by atoms with Gasteiger partial charge in [0.1, 0.15) is 5.75 Å². The summed E-state index contributed by atoms with van der Waals surface area (Å²) < 4.78 is 10.6. The second-order valence-corrected chi connectivity index (χ2v) is 4.79. The molecule has 0 heterocycles. The van der Waals surface area contributed by atoms with Crippen molar-refractivity contribution in [2.24, 2.45) is 0 Å². The fraction of sp³-hybridized carbons (Fsp3) is 0.562. The first-order valence-corrected chi connectivity index (χ1v) is 7.19. The molecule has 1 N–H and O–H groups in total. The second-order valence-electron chi connectivity index (χ2n) is 4.79. The van der Waals surface area contributed by atoms with Gasteiger partial charge in [-0.2, -0.15) is 0 Å². The predicted octanol–water partition coefficient (Wildman–Crippen LogP) is 3.75. The molecule has 0 aliphatic carbocycles. The lowest BCUT2D eigenvalue weighted by atomic mass is 10.1. The van der Waals surface area contributed by atoms with Gasteiger partial charge in [0.25, 0.3) is 0 Å². The van der Waals surface area contributed by atoms with Crippen LogP contribution in [0.4, 0.5) is 0 Å². The normalized spacial score (nSPS) is 10.4. The highest BCUT2D eigenvalue weighted by Crippen LogP contribution is 2.13. The highest BCUT2D eigenvalue weighted by Gasteiger charge is 2.01. The molecule has 4 nitrogen and oxygen atoms in total. The fourth-order valence-electron chi connectivity index (χ4n) is 1.94. The van der Waals surface area contributed by atoms with E-state index in [1.807, 2.05) is 0 Å². The molecule has 20 heavy (non-hydrogen) atoms. The summed E-state index contributed by atoms with van der Waals surface area (Å²) in [5, 5.41) is 8.78. The van der Waals surface area contributed by atoms with Crippen LogP contribution < -0.4 is 4.74 Å². The Morgan fingerprint density at radius 3 is 2.05 bits per heavy atom. The number of unbranched alkanes of at least 4 members (excludes halogenated alkanes) is 5. The number of benzene rings is 1. The predicted molar refractivity (Wildman–Crippen MR) is 78.5 cm³/mol. The third-order valence-corrected chi connectivity index (χ3v) is 3.11. The van der Waals surface area contributed by atoms with Crippen LogP contribution in [0, 0.1) is 0 Å². The lowest BCUT2D eigenvalue weighted by molar-refractivity contribution is 0.0697. The van der Waals surface area contributed by atoms with E-state index >= 15 is 0 Å². The Labute approximate surface area is 120 Å². The van der Waals surface area contributed by atoms with Crippen molar-refractivity contribution >= 4 is 5.97 Å². The molecule has 112 valence electrons. The summed E-state index contributed by atoms with van der Waals surface area (Å²) >= 11 is 0. The number of aromatic carboxylic acids is 1. The van der Waals surface area contributed by atoms with E-state index < -0.39 is 5.97 Å². The first-order chi connectivity index (χ1) is 9.74. The van der Waals surface area contributed by atoms with Gasteiger partial charge in [-0.15, -0.1) is 0 Å². The molecule has 0 spiro atoms. The standard InChI is InChI=1S/C16H24O4/c1-19-12-6-4-2-3-5-7-13-20-15-10-8-14(9-11-15)16(17)18/h8-11H,2-7,12-13H2,1H3,(H,17,18). The zero-order valence-electron chi connectivity index (χ0n) is 12.1. The van der Waals surface area contributed by atoms with Gasteiger partial charge in [0.05, 0.1) is 12.2 Å². The molecule has 1 rings (SSSR count). The van der Waals surface area contributed by atoms with Gasteiger partial charge in [-0.25, -0.2) is 4.79 Å². The molecule has 0 unspecified atom stereocenters. The summed E-state index contributed by atoms with van der Waals surface area (Å²) in [6, 6.07) is 6.53. The maximum absolute atomic E-state index is 10.7. The van der Waals surface area contributed by atoms with Gasteiger partial charge in [0.2, 0.25) is 0 Å². The van der Waals surface area contributed by atoms with E-state index in [1.165, 1.54) is 25.7 Å².